The van der Waals surface area contributed by atoms with Crippen LogP contribution in [0.25, 0.3) is 10.1 Å². The van der Waals surface area contributed by atoms with Gasteiger partial charge in [-0.15, -0.1) is 11.3 Å². The van der Waals surface area contributed by atoms with Crippen molar-refractivity contribution in [1.29, 1.82) is 0 Å². The van der Waals surface area contributed by atoms with Crippen molar-refractivity contribution in [2.75, 3.05) is 5.32 Å². The number of nitrogens with zero attached hydrogens (tertiary/aromatic N) is 1. The summed E-state index contributed by atoms with van der Waals surface area (Å²) in [7, 11) is 1.65. The molecule has 2 rings (SSSR count). The van der Waals surface area contributed by atoms with Crippen LogP contribution in [0, 0.1) is 6.92 Å². The molecule has 0 spiro atoms. The molecular formula is C10H10N2O3S. The number of aryl methyl sites for hydroxylation is 2. The highest BCUT2D eigenvalue weighted by Crippen LogP contribution is 2.29. The lowest BCUT2D eigenvalue weighted by atomic mass is 10.2. The second-order valence-corrected chi connectivity index (χ2v) is 4.39. The molecule has 2 aromatic heterocycles. The molecule has 0 aliphatic carbocycles. The Morgan fingerprint density at radius 2 is 2.25 bits per heavy atom. The molecule has 0 atom stereocenters. The number of carboxylic acid groups (broad SMARTS) is 1. The number of nitrogens with one attached hydrogen (secondary N) is 1. The summed E-state index contributed by atoms with van der Waals surface area (Å²) in [5.41, 5.74) is 1.13. The highest BCUT2D eigenvalue weighted by atomic mass is 32.1. The van der Waals surface area contributed by atoms with Crippen molar-refractivity contribution in [3.63, 3.8) is 0 Å². The highest BCUT2D eigenvalue weighted by molar-refractivity contribution is 7.18. The van der Waals surface area contributed by atoms with Gasteiger partial charge in [-0.3, -0.25) is 10.1 Å². The first-order chi connectivity index (χ1) is 7.50. The third-order valence-electron chi connectivity index (χ3n) is 2.31. The Kier molecular flexibility index (Phi) is 2.43. The molecule has 0 aromatic carbocycles. The Labute approximate surface area is 94.9 Å². The van der Waals surface area contributed by atoms with E-state index in [0.717, 1.165) is 10.3 Å². The molecule has 16 heavy (non-hydrogen) atoms. The van der Waals surface area contributed by atoms with Gasteiger partial charge in [-0.05, 0) is 12.5 Å². The number of rotatable bonds is 1. The van der Waals surface area contributed by atoms with Crippen LogP contribution in [-0.2, 0) is 7.05 Å². The van der Waals surface area contributed by atoms with E-state index in [4.69, 9.17) is 5.11 Å². The van der Waals surface area contributed by atoms with Crippen molar-refractivity contribution in [2.24, 2.45) is 7.05 Å². The Hall–Kier alpha value is -1.82. The average Bonchev–Trinajstić information content (AvgIpc) is 2.58. The van der Waals surface area contributed by atoms with Crippen molar-refractivity contribution < 1.29 is 9.90 Å². The normalized spacial score (nSPS) is 10.6. The Morgan fingerprint density at radius 1 is 1.56 bits per heavy atom. The second-order valence-electron chi connectivity index (χ2n) is 3.51. The molecule has 84 valence electrons. The van der Waals surface area contributed by atoms with Crippen LogP contribution in [0.5, 0.6) is 0 Å². The number of thiophene rings is 1. The maximum atomic E-state index is 11.9. The quantitative estimate of drug-likeness (QED) is 0.798. The van der Waals surface area contributed by atoms with Crippen molar-refractivity contribution in [3.8, 4) is 0 Å². The fourth-order valence-electron chi connectivity index (χ4n) is 1.65. The zero-order valence-corrected chi connectivity index (χ0v) is 9.59. The van der Waals surface area contributed by atoms with E-state index >= 15 is 0 Å². The molecule has 1 amide bonds. The van der Waals surface area contributed by atoms with Crippen molar-refractivity contribution in [2.45, 2.75) is 6.92 Å². The number of anilines is 1. The predicted molar refractivity (Wildman–Crippen MR) is 63.5 cm³/mol. The number of amides is 1. The number of fused-ring (bicyclic) bond motifs is 1. The lowest BCUT2D eigenvalue weighted by molar-refractivity contribution is 0.210. The first-order valence-corrected chi connectivity index (χ1v) is 5.46. The SMILES string of the molecule is Cc1cn(C)c(=O)c2c(NC(=O)O)csc12. The van der Waals surface area contributed by atoms with Gasteiger partial charge in [0.15, 0.2) is 0 Å². The van der Waals surface area contributed by atoms with Crippen molar-refractivity contribution in [1.82, 2.24) is 4.57 Å². The number of hydrogen-bond donors (Lipinski definition) is 2. The van der Waals surface area contributed by atoms with E-state index in [0.29, 0.717) is 11.1 Å². The fraction of sp³-hybridized carbons (Fsp3) is 0.200. The molecule has 2 aromatic rings. The van der Waals surface area contributed by atoms with Gasteiger partial charge in [-0.25, -0.2) is 4.79 Å². The van der Waals surface area contributed by atoms with Gasteiger partial charge in [0.25, 0.3) is 5.56 Å². The zero-order chi connectivity index (χ0) is 11.9. The molecule has 0 saturated heterocycles. The molecule has 0 unspecified atom stereocenters. The molecule has 0 fully saturated rings. The van der Waals surface area contributed by atoms with Crippen LogP contribution < -0.4 is 10.9 Å². The molecule has 0 aliphatic rings. The predicted octanol–water partition coefficient (Wildman–Crippen LogP) is 2.00. The van der Waals surface area contributed by atoms with E-state index in [1.165, 1.54) is 15.9 Å². The third kappa shape index (κ3) is 1.57. The summed E-state index contributed by atoms with van der Waals surface area (Å²) in [6.45, 7) is 1.89. The van der Waals surface area contributed by atoms with Gasteiger partial charge < -0.3 is 9.67 Å². The summed E-state index contributed by atoms with van der Waals surface area (Å²) in [6, 6.07) is 0. The van der Waals surface area contributed by atoms with Gasteiger partial charge in [-0.2, -0.15) is 0 Å². The van der Waals surface area contributed by atoms with Crippen molar-refractivity contribution in [3.05, 3.63) is 27.5 Å². The topological polar surface area (TPSA) is 71.3 Å². The molecule has 2 heterocycles. The molecule has 0 bridgehead atoms. The average molecular weight is 238 g/mol. The minimum absolute atomic E-state index is 0.189. The van der Waals surface area contributed by atoms with E-state index in [-0.39, 0.29) is 5.56 Å². The largest absolute Gasteiger partial charge is 0.465 e. The van der Waals surface area contributed by atoms with Gasteiger partial charge in [0.1, 0.15) is 0 Å². The van der Waals surface area contributed by atoms with Crippen LogP contribution in [0.15, 0.2) is 16.4 Å². The summed E-state index contributed by atoms with van der Waals surface area (Å²) in [5, 5.41) is 13.0. The van der Waals surface area contributed by atoms with E-state index in [1.54, 1.807) is 18.6 Å². The first-order valence-electron chi connectivity index (χ1n) is 4.58. The monoisotopic (exact) mass is 238 g/mol. The lowest BCUT2D eigenvalue weighted by Gasteiger charge is -2.03. The van der Waals surface area contributed by atoms with Crippen LogP contribution in [-0.4, -0.2) is 15.8 Å². The molecular weight excluding hydrogens is 228 g/mol. The van der Waals surface area contributed by atoms with Crippen LogP contribution in [0.1, 0.15) is 5.56 Å². The maximum Gasteiger partial charge on any atom is 0.409 e. The number of aromatic nitrogens is 1. The van der Waals surface area contributed by atoms with E-state index in [1.807, 2.05) is 6.92 Å². The zero-order valence-electron chi connectivity index (χ0n) is 8.77. The van der Waals surface area contributed by atoms with Gasteiger partial charge in [0.2, 0.25) is 0 Å². The van der Waals surface area contributed by atoms with Gasteiger partial charge >= 0.3 is 6.09 Å². The van der Waals surface area contributed by atoms with Gasteiger partial charge in [-0.1, -0.05) is 0 Å². The van der Waals surface area contributed by atoms with Crippen LogP contribution >= 0.6 is 11.3 Å². The fourth-order valence-corrected chi connectivity index (χ4v) is 2.62. The number of pyridine rings is 1. The molecule has 0 saturated carbocycles. The molecule has 6 heteroatoms. The molecule has 0 aliphatic heterocycles. The highest BCUT2D eigenvalue weighted by Gasteiger charge is 2.13. The minimum atomic E-state index is -1.16. The minimum Gasteiger partial charge on any atom is -0.465 e. The third-order valence-corrected chi connectivity index (χ3v) is 3.43. The lowest BCUT2D eigenvalue weighted by Crippen LogP contribution is -2.18. The van der Waals surface area contributed by atoms with E-state index in [9.17, 15) is 9.59 Å². The Morgan fingerprint density at radius 3 is 2.88 bits per heavy atom. The number of carbonyl (C=O) groups is 1. The van der Waals surface area contributed by atoms with Crippen LogP contribution in [0.3, 0.4) is 0 Å². The molecule has 0 radical (unpaired) electrons. The summed E-state index contributed by atoms with van der Waals surface area (Å²) in [5.74, 6) is 0. The van der Waals surface area contributed by atoms with Crippen LogP contribution in [0.2, 0.25) is 0 Å². The number of hydrogen-bond acceptors (Lipinski definition) is 3. The summed E-state index contributed by atoms with van der Waals surface area (Å²) in [6.07, 6.45) is 0.578. The van der Waals surface area contributed by atoms with E-state index < -0.39 is 6.09 Å². The van der Waals surface area contributed by atoms with Crippen molar-refractivity contribution >= 4 is 33.2 Å². The Bertz CT molecular complexity index is 627. The van der Waals surface area contributed by atoms with E-state index in [2.05, 4.69) is 5.32 Å². The standard InChI is InChI=1S/C10H10N2O3S/c1-5-3-12(2)9(13)7-6(11-10(14)15)4-16-8(5)7/h3-4,11H,1-2H3,(H,14,15). The first kappa shape index (κ1) is 10.7. The summed E-state index contributed by atoms with van der Waals surface area (Å²) < 4.78 is 2.28. The van der Waals surface area contributed by atoms with Crippen LogP contribution in [0.4, 0.5) is 10.5 Å². The molecule has 2 N–H and O–H groups in total. The smallest absolute Gasteiger partial charge is 0.409 e. The van der Waals surface area contributed by atoms with Gasteiger partial charge in [0.05, 0.1) is 11.1 Å². The second kappa shape index (κ2) is 3.64. The maximum absolute atomic E-state index is 11.9. The van der Waals surface area contributed by atoms with Gasteiger partial charge in [0, 0.05) is 23.3 Å². The molecule has 5 nitrogen and oxygen atoms in total. The Balaban J connectivity index is 2.79. The summed E-state index contributed by atoms with van der Waals surface area (Å²) >= 11 is 1.37. The summed E-state index contributed by atoms with van der Waals surface area (Å²) in [4.78, 5) is 22.5.